The van der Waals surface area contributed by atoms with Crippen LogP contribution in [-0.2, 0) is 4.79 Å². The Balaban J connectivity index is 2.20. The minimum Gasteiger partial charge on any atom is -0.381 e. The van der Waals surface area contributed by atoms with Crippen molar-refractivity contribution in [3.8, 4) is 0 Å². The molecule has 0 amide bonds. The van der Waals surface area contributed by atoms with E-state index in [2.05, 4.69) is 13.8 Å². The fourth-order valence-electron chi connectivity index (χ4n) is 3.77. The number of Topliss-reactive ketones (excluding diaryl/α,β-unsaturated/α-hetero) is 1. The molecule has 3 aliphatic rings. The summed E-state index contributed by atoms with van der Waals surface area (Å²) in [4.78, 5) is 12.5. The van der Waals surface area contributed by atoms with E-state index >= 15 is 0 Å². The first-order valence-electron chi connectivity index (χ1n) is 6.68. The van der Waals surface area contributed by atoms with Gasteiger partial charge in [0.15, 0.2) is 5.78 Å². The first-order valence-corrected chi connectivity index (χ1v) is 6.68. The number of nitrogens with two attached hydrogens (primary N) is 1. The highest BCUT2D eigenvalue weighted by Crippen LogP contribution is 2.65. The molecule has 18 heavy (non-hydrogen) atoms. The Morgan fingerprint density at radius 3 is 2.50 bits per heavy atom. The fourth-order valence-corrected chi connectivity index (χ4v) is 3.77. The van der Waals surface area contributed by atoms with Gasteiger partial charge in [-0.25, -0.2) is 0 Å². The molecule has 3 aliphatic carbocycles. The quantitative estimate of drug-likeness (QED) is 0.741. The lowest BCUT2D eigenvalue weighted by Gasteiger charge is -2.38. The second-order valence-electron chi connectivity index (χ2n) is 6.68. The van der Waals surface area contributed by atoms with Crippen LogP contribution in [0, 0.1) is 10.8 Å². The molecule has 1 spiro atoms. The average molecular weight is 247 g/mol. The summed E-state index contributed by atoms with van der Waals surface area (Å²) in [6.07, 6.45) is 4.67. The van der Waals surface area contributed by atoms with Crippen LogP contribution in [0.2, 0.25) is 0 Å². The van der Waals surface area contributed by atoms with Crippen LogP contribution in [0.1, 0.15) is 40.0 Å². The number of aliphatic hydroxyl groups is 1. The molecule has 2 atom stereocenters. The highest BCUT2D eigenvalue weighted by atomic mass is 16.3. The molecule has 3 N–H and O–H groups in total. The van der Waals surface area contributed by atoms with Gasteiger partial charge < -0.3 is 10.8 Å². The van der Waals surface area contributed by atoms with Crippen LogP contribution in [0.15, 0.2) is 22.8 Å². The molecular weight excluding hydrogens is 226 g/mol. The Morgan fingerprint density at radius 2 is 2.00 bits per heavy atom. The molecule has 3 rings (SSSR count). The van der Waals surface area contributed by atoms with E-state index < -0.39 is 5.60 Å². The average Bonchev–Trinajstić information content (AvgIpc) is 3.06. The number of hydrogen-bond acceptors (Lipinski definition) is 3. The second kappa shape index (κ2) is 3.14. The van der Waals surface area contributed by atoms with E-state index in [-0.39, 0.29) is 16.6 Å². The van der Waals surface area contributed by atoms with Gasteiger partial charge in [-0.15, -0.1) is 0 Å². The van der Waals surface area contributed by atoms with Crippen LogP contribution >= 0.6 is 0 Å². The summed E-state index contributed by atoms with van der Waals surface area (Å²) in [5.41, 5.74) is 7.28. The highest BCUT2D eigenvalue weighted by Gasteiger charge is 2.65. The predicted octanol–water partition coefficient (Wildman–Crippen LogP) is 1.71. The van der Waals surface area contributed by atoms with E-state index in [0.717, 1.165) is 30.4 Å². The third-order valence-corrected chi connectivity index (χ3v) is 5.40. The van der Waals surface area contributed by atoms with E-state index in [1.165, 1.54) is 5.57 Å². The number of fused-ring (bicyclic) bond motifs is 1. The molecule has 0 aromatic heterocycles. The summed E-state index contributed by atoms with van der Waals surface area (Å²) < 4.78 is 0. The largest absolute Gasteiger partial charge is 0.381 e. The van der Waals surface area contributed by atoms with Gasteiger partial charge in [0.2, 0.25) is 0 Å². The monoisotopic (exact) mass is 247 g/mol. The van der Waals surface area contributed by atoms with Crippen molar-refractivity contribution in [2.75, 3.05) is 6.54 Å². The minimum atomic E-state index is -1.23. The fraction of sp³-hybridized carbons (Fsp3) is 0.667. The third kappa shape index (κ3) is 1.19. The van der Waals surface area contributed by atoms with Gasteiger partial charge in [0, 0.05) is 22.9 Å². The summed E-state index contributed by atoms with van der Waals surface area (Å²) in [6.45, 7) is 6.39. The number of allylic oxidation sites excluding steroid dienone is 1. The predicted molar refractivity (Wildman–Crippen MR) is 69.9 cm³/mol. The van der Waals surface area contributed by atoms with Gasteiger partial charge in [-0.1, -0.05) is 18.6 Å². The van der Waals surface area contributed by atoms with E-state index in [9.17, 15) is 9.90 Å². The Hall–Kier alpha value is -0.930. The SMILES string of the molecule is CC1=C2C[C@](C)(CN)C=C2C(=O)[C@](C)(O)C12CC2. The Bertz CT molecular complexity index is 509. The number of hydrogen-bond donors (Lipinski definition) is 2. The van der Waals surface area contributed by atoms with E-state index in [1.807, 2.05) is 6.08 Å². The second-order valence-corrected chi connectivity index (χ2v) is 6.68. The van der Waals surface area contributed by atoms with Gasteiger partial charge in [-0.2, -0.15) is 0 Å². The maximum absolute atomic E-state index is 12.5. The van der Waals surface area contributed by atoms with Crippen LogP contribution in [0.3, 0.4) is 0 Å². The standard InChI is InChI=1S/C15H21NO2/c1-9-10-6-13(2,8-16)7-11(10)12(17)14(3,18)15(9)4-5-15/h7,18H,4-6,8,16H2,1-3H3/t13-,14-/m0/s1. The van der Waals surface area contributed by atoms with Crippen LogP contribution in [0.25, 0.3) is 0 Å². The summed E-state index contributed by atoms with van der Waals surface area (Å²) >= 11 is 0. The molecule has 1 fully saturated rings. The van der Waals surface area contributed by atoms with Crippen molar-refractivity contribution in [2.45, 2.75) is 45.6 Å². The molecule has 3 nitrogen and oxygen atoms in total. The van der Waals surface area contributed by atoms with Gasteiger partial charge in [-0.3, -0.25) is 4.79 Å². The third-order valence-electron chi connectivity index (χ3n) is 5.40. The molecule has 0 aromatic rings. The van der Waals surface area contributed by atoms with E-state index in [1.54, 1.807) is 6.92 Å². The lowest BCUT2D eigenvalue weighted by Crippen LogP contribution is -2.49. The lowest BCUT2D eigenvalue weighted by molar-refractivity contribution is -0.137. The summed E-state index contributed by atoms with van der Waals surface area (Å²) in [7, 11) is 0. The summed E-state index contributed by atoms with van der Waals surface area (Å²) in [5, 5.41) is 10.6. The molecule has 0 aromatic carbocycles. The molecule has 3 heteroatoms. The lowest BCUT2D eigenvalue weighted by atomic mass is 9.68. The molecule has 1 saturated carbocycles. The zero-order chi connectivity index (χ0) is 13.3. The maximum atomic E-state index is 12.5. The molecule has 0 radical (unpaired) electrons. The van der Waals surface area contributed by atoms with Gasteiger partial charge in [0.05, 0.1) is 0 Å². The van der Waals surface area contributed by atoms with Crippen LogP contribution < -0.4 is 5.73 Å². The van der Waals surface area contributed by atoms with Gasteiger partial charge >= 0.3 is 0 Å². The maximum Gasteiger partial charge on any atom is 0.194 e. The molecular formula is C15H21NO2. The Labute approximate surface area is 108 Å². The van der Waals surface area contributed by atoms with Crippen LogP contribution in [0.4, 0.5) is 0 Å². The van der Waals surface area contributed by atoms with Crippen molar-refractivity contribution in [2.24, 2.45) is 16.6 Å². The molecule has 98 valence electrons. The van der Waals surface area contributed by atoms with Crippen molar-refractivity contribution >= 4 is 5.78 Å². The molecule has 0 heterocycles. The van der Waals surface area contributed by atoms with Crippen molar-refractivity contribution in [3.05, 3.63) is 22.8 Å². The van der Waals surface area contributed by atoms with Gasteiger partial charge in [0.25, 0.3) is 0 Å². The van der Waals surface area contributed by atoms with Crippen molar-refractivity contribution in [3.63, 3.8) is 0 Å². The van der Waals surface area contributed by atoms with Crippen molar-refractivity contribution < 1.29 is 9.90 Å². The minimum absolute atomic E-state index is 0.0993. The molecule has 0 aliphatic heterocycles. The highest BCUT2D eigenvalue weighted by molar-refractivity contribution is 6.08. The number of carbonyl (C=O) groups is 1. The van der Waals surface area contributed by atoms with Gasteiger partial charge in [0.1, 0.15) is 5.60 Å². The number of carbonyl (C=O) groups excluding carboxylic acids is 1. The van der Waals surface area contributed by atoms with E-state index in [0.29, 0.717) is 6.54 Å². The zero-order valence-corrected chi connectivity index (χ0v) is 11.3. The Kier molecular flexibility index (Phi) is 2.12. The first kappa shape index (κ1) is 12.1. The smallest absolute Gasteiger partial charge is 0.194 e. The van der Waals surface area contributed by atoms with E-state index in [4.69, 9.17) is 5.73 Å². The zero-order valence-electron chi connectivity index (χ0n) is 11.3. The summed E-state index contributed by atoms with van der Waals surface area (Å²) in [5.74, 6) is -0.0993. The first-order chi connectivity index (χ1) is 8.27. The normalized spacial score (nSPS) is 41.2. The van der Waals surface area contributed by atoms with Crippen LogP contribution in [-0.4, -0.2) is 23.0 Å². The Morgan fingerprint density at radius 1 is 1.39 bits per heavy atom. The molecule has 0 saturated heterocycles. The van der Waals surface area contributed by atoms with Gasteiger partial charge in [-0.05, 0) is 38.7 Å². The van der Waals surface area contributed by atoms with Crippen molar-refractivity contribution in [1.29, 1.82) is 0 Å². The number of ketones is 1. The molecule has 0 bridgehead atoms. The number of rotatable bonds is 1. The van der Waals surface area contributed by atoms with Crippen LogP contribution in [0.5, 0.6) is 0 Å². The topological polar surface area (TPSA) is 63.3 Å². The van der Waals surface area contributed by atoms with Crippen molar-refractivity contribution in [1.82, 2.24) is 0 Å². The summed E-state index contributed by atoms with van der Waals surface area (Å²) in [6, 6.07) is 0. The molecule has 0 unspecified atom stereocenters.